The minimum atomic E-state index is -1.82. The lowest BCUT2D eigenvalue weighted by atomic mass is 9.83. The maximum absolute atomic E-state index is 14.1. The summed E-state index contributed by atoms with van der Waals surface area (Å²) in [7, 11) is 9.31. The van der Waals surface area contributed by atoms with E-state index in [2.05, 4.69) is 5.32 Å². The Kier molecular flexibility index (Phi) is 14.6. The van der Waals surface area contributed by atoms with E-state index in [9.17, 15) is 24.3 Å². The molecule has 3 aliphatic rings. The van der Waals surface area contributed by atoms with E-state index in [1.54, 1.807) is 80.7 Å². The summed E-state index contributed by atoms with van der Waals surface area (Å²) < 4.78 is 29.2. The molecule has 16 heteroatoms. The number of carbonyl (C=O) groups is 4. The molecule has 53 heavy (non-hydrogen) atoms. The number of rotatable bonds is 10. The number of aliphatic hydroxyl groups is 1. The number of epoxide rings is 1. The highest BCUT2D eigenvalue weighted by Gasteiger charge is 2.64. The number of ether oxygens (including phenoxy) is 5. The van der Waals surface area contributed by atoms with Crippen molar-refractivity contribution in [2.24, 2.45) is 5.92 Å². The molecule has 2 saturated heterocycles. The summed E-state index contributed by atoms with van der Waals surface area (Å²) in [4.78, 5) is 56.4. The van der Waals surface area contributed by atoms with Gasteiger partial charge in [0.25, 0.3) is 0 Å². The standard InChI is InChI=1S/C37H52ClN3O10S2/c1-10-52-53-15-14-30(42)40(6)23(4)34(44)50-29-19-31(43)41(7)25-17-24(18-26(47-8)32(25)38)16-21(2)12-11-13-28(48-9)37(46)20-27(49-35(45)39-37)22(3)33-36(29,5)51-33/h11-13,17-18,22-23,27-29,33,46H,10,14-16,19-20H2,1-9H3,(H,39,45)/b13-11+,21-12+/t22-,23+,27?,28-,29+,33?,36?,37+/m1/s1. The van der Waals surface area contributed by atoms with Crippen molar-refractivity contribution in [2.75, 3.05) is 44.7 Å². The van der Waals surface area contributed by atoms with Crippen molar-refractivity contribution in [1.29, 1.82) is 0 Å². The molecule has 0 saturated carbocycles. The molecule has 2 N–H and O–H groups in total. The van der Waals surface area contributed by atoms with E-state index in [1.165, 1.54) is 24.0 Å². The second kappa shape index (κ2) is 18.1. The van der Waals surface area contributed by atoms with Crippen molar-refractivity contribution in [3.05, 3.63) is 46.5 Å². The zero-order chi connectivity index (χ0) is 39.2. The van der Waals surface area contributed by atoms with Crippen LogP contribution in [0, 0.1) is 5.92 Å². The monoisotopic (exact) mass is 797 g/mol. The fourth-order valence-corrected chi connectivity index (χ4v) is 8.62. The van der Waals surface area contributed by atoms with E-state index in [4.69, 9.17) is 35.3 Å². The number of hydrogen-bond donors (Lipinski definition) is 2. The zero-order valence-electron chi connectivity index (χ0n) is 31.8. The first-order valence-electron chi connectivity index (χ1n) is 17.6. The van der Waals surface area contributed by atoms with Gasteiger partial charge in [-0.25, -0.2) is 9.59 Å². The van der Waals surface area contributed by atoms with Gasteiger partial charge in [0.2, 0.25) is 11.8 Å². The van der Waals surface area contributed by atoms with E-state index in [0.717, 1.165) is 16.9 Å². The van der Waals surface area contributed by atoms with Gasteiger partial charge >= 0.3 is 12.1 Å². The van der Waals surface area contributed by atoms with Gasteiger partial charge in [0, 0.05) is 51.5 Å². The van der Waals surface area contributed by atoms with Crippen LogP contribution < -0.4 is 15.0 Å². The third-order valence-corrected chi connectivity index (χ3v) is 13.0. The summed E-state index contributed by atoms with van der Waals surface area (Å²) >= 11 is 6.76. The highest BCUT2D eigenvalue weighted by molar-refractivity contribution is 8.76. The predicted octanol–water partition coefficient (Wildman–Crippen LogP) is 5.31. The maximum atomic E-state index is 14.1. The number of fused-ring (bicyclic) bond motifs is 5. The number of amides is 3. The van der Waals surface area contributed by atoms with Gasteiger partial charge in [0.15, 0.2) is 5.72 Å². The van der Waals surface area contributed by atoms with Crippen molar-refractivity contribution in [3.63, 3.8) is 0 Å². The molecule has 3 unspecified atom stereocenters. The lowest BCUT2D eigenvalue weighted by molar-refractivity contribution is -0.161. The lowest BCUT2D eigenvalue weighted by Gasteiger charge is -2.42. The summed E-state index contributed by atoms with van der Waals surface area (Å²) in [5.41, 5.74) is -0.884. The quantitative estimate of drug-likeness (QED) is 0.137. The van der Waals surface area contributed by atoms with Crippen LogP contribution in [0.25, 0.3) is 0 Å². The van der Waals surface area contributed by atoms with Crippen LogP contribution in [0.3, 0.4) is 0 Å². The zero-order valence-corrected chi connectivity index (χ0v) is 34.2. The normalized spacial score (nSPS) is 31.2. The number of likely N-dealkylation sites (N-methyl/N-ethyl adjacent to an activating group) is 1. The van der Waals surface area contributed by atoms with Gasteiger partial charge in [-0.15, -0.1) is 0 Å². The van der Waals surface area contributed by atoms with Crippen LogP contribution in [0.1, 0.15) is 59.4 Å². The van der Waals surface area contributed by atoms with Crippen LogP contribution in [-0.2, 0) is 39.8 Å². The van der Waals surface area contributed by atoms with Gasteiger partial charge in [0.05, 0.1) is 25.3 Å². The SMILES string of the molecule is CCSSCCC(=O)N(C)[C@@H](C)C(=O)O[C@H]1CC(=O)N(C)c2cc(cc(OC)c2Cl)C/C(C)=C/C=C/[C@@H](OC)[C@@]2(O)CC(OC(=O)N2)[C@@H](C)C2OC21C. The Balaban J connectivity index is 1.72. The summed E-state index contributed by atoms with van der Waals surface area (Å²) in [5.74, 6) is 0.0246. The first-order valence-corrected chi connectivity index (χ1v) is 20.4. The number of esters is 1. The average molecular weight is 798 g/mol. The summed E-state index contributed by atoms with van der Waals surface area (Å²) in [5, 5.41) is 14.5. The van der Waals surface area contributed by atoms with E-state index in [1.807, 2.05) is 19.9 Å². The van der Waals surface area contributed by atoms with Crippen LogP contribution >= 0.6 is 33.2 Å². The van der Waals surface area contributed by atoms with Crippen LogP contribution in [-0.4, -0.2) is 115 Å². The van der Waals surface area contributed by atoms with Crippen LogP contribution in [0.5, 0.6) is 5.75 Å². The number of alkyl carbamates (subject to hydrolysis) is 1. The van der Waals surface area contributed by atoms with E-state index in [0.29, 0.717) is 23.6 Å². The molecule has 3 amide bonds. The largest absolute Gasteiger partial charge is 0.495 e. The van der Waals surface area contributed by atoms with E-state index in [-0.39, 0.29) is 30.2 Å². The molecule has 4 rings (SSSR count). The Morgan fingerprint density at radius 3 is 2.62 bits per heavy atom. The van der Waals surface area contributed by atoms with Crippen LogP contribution in [0.2, 0.25) is 5.02 Å². The third kappa shape index (κ3) is 10.0. The van der Waals surface area contributed by atoms with Gasteiger partial charge < -0.3 is 38.6 Å². The first kappa shape index (κ1) is 42.8. The van der Waals surface area contributed by atoms with Crippen molar-refractivity contribution in [2.45, 2.75) is 102 Å². The minimum absolute atomic E-state index is 0.0450. The fraction of sp³-hybridized carbons (Fsp3) is 0.622. The number of nitrogens with zero attached hydrogens (tertiary/aromatic N) is 2. The van der Waals surface area contributed by atoms with Crippen LogP contribution in [0.4, 0.5) is 10.5 Å². The van der Waals surface area contributed by atoms with Gasteiger partial charge in [-0.3, -0.25) is 14.9 Å². The Bertz CT molecular complexity index is 1600. The number of anilines is 1. The number of carbonyl (C=O) groups excluding carboxylic acids is 4. The Labute approximate surface area is 324 Å². The number of halogens is 1. The van der Waals surface area contributed by atoms with Crippen molar-refractivity contribution in [1.82, 2.24) is 10.2 Å². The average Bonchev–Trinajstić information content (AvgIpc) is 3.81. The number of hydrogen-bond acceptors (Lipinski definition) is 12. The molecule has 0 aromatic heterocycles. The van der Waals surface area contributed by atoms with Crippen molar-refractivity contribution in [3.8, 4) is 5.75 Å². The van der Waals surface area contributed by atoms with Crippen molar-refractivity contribution >= 4 is 62.8 Å². The molecule has 294 valence electrons. The molecule has 0 radical (unpaired) electrons. The minimum Gasteiger partial charge on any atom is -0.495 e. The molecular formula is C37H52ClN3O10S2. The van der Waals surface area contributed by atoms with Gasteiger partial charge in [0.1, 0.15) is 40.7 Å². The number of nitrogens with one attached hydrogen (secondary N) is 1. The molecule has 0 aliphatic carbocycles. The number of methoxy groups -OCH3 is 2. The third-order valence-electron chi connectivity index (χ3n) is 10.1. The molecule has 2 fully saturated rings. The predicted molar refractivity (Wildman–Crippen MR) is 206 cm³/mol. The van der Waals surface area contributed by atoms with Gasteiger partial charge in [-0.2, -0.15) is 0 Å². The highest BCUT2D eigenvalue weighted by atomic mass is 35.5. The summed E-state index contributed by atoms with van der Waals surface area (Å²) in [6.07, 6.45) is 1.26. The molecule has 8 atom stereocenters. The number of allylic oxidation sites excluding steroid dienone is 3. The molecule has 1 aromatic carbocycles. The van der Waals surface area contributed by atoms with E-state index < -0.39 is 65.7 Å². The van der Waals surface area contributed by atoms with Gasteiger partial charge in [-0.1, -0.05) is 70.8 Å². The fourth-order valence-electron chi connectivity index (χ4n) is 6.67. The second-order valence-corrected chi connectivity index (χ2v) is 17.1. The molecule has 13 nitrogen and oxygen atoms in total. The first-order chi connectivity index (χ1) is 25.0. The summed E-state index contributed by atoms with van der Waals surface area (Å²) in [6.45, 7) is 9.07. The highest BCUT2D eigenvalue weighted by Crippen LogP contribution is 2.49. The molecule has 3 heterocycles. The van der Waals surface area contributed by atoms with E-state index >= 15 is 0 Å². The molecule has 1 aromatic rings. The lowest BCUT2D eigenvalue weighted by Crippen LogP contribution is -2.63. The Hall–Kier alpha value is -2.95. The number of benzene rings is 1. The molecule has 0 spiro atoms. The molecule has 3 aliphatic heterocycles. The Morgan fingerprint density at radius 2 is 1.96 bits per heavy atom. The van der Waals surface area contributed by atoms with Crippen LogP contribution in [0.15, 0.2) is 35.9 Å². The second-order valence-electron chi connectivity index (χ2n) is 13.9. The van der Waals surface area contributed by atoms with Crippen molar-refractivity contribution < 1.29 is 48.0 Å². The molecule has 4 bridgehead atoms. The molecular weight excluding hydrogens is 746 g/mol. The smallest absolute Gasteiger partial charge is 0.409 e. The topological polar surface area (TPSA) is 156 Å². The summed E-state index contributed by atoms with van der Waals surface area (Å²) in [6, 6.07) is 2.64. The van der Waals surface area contributed by atoms with Gasteiger partial charge in [-0.05, 0) is 44.9 Å². The maximum Gasteiger partial charge on any atom is 0.409 e. The Morgan fingerprint density at radius 1 is 1.25 bits per heavy atom.